The molecule has 2 atom stereocenters. The normalized spacial score (nSPS) is 14.4. The molecule has 0 aliphatic carbocycles. The number of hydrogen-bond acceptors (Lipinski definition) is 12. The number of hydrogen-bond donors (Lipinski definition) is 5. The number of aryl methyl sites for hydroxylation is 1. The van der Waals surface area contributed by atoms with Crippen molar-refractivity contribution in [3.05, 3.63) is 112 Å². The van der Waals surface area contributed by atoms with Crippen LogP contribution in [0.25, 0.3) is 10.9 Å². The highest BCUT2D eigenvalue weighted by Crippen LogP contribution is 2.42. The zero-order valence-corrected chi connectivity index (χ0v) is 51.3. The summed E-state index contributed by atoms with van der Waals surface area (Å²) in [6.45, 7) is 13.0. The van der Waals surface area contributed by atoms with Crippen molar-refractivity contribution in [3.8, 4) is 17.2 Å². The number of carbonyl (C=O) groups is 4. The lowest BCUT2D eigenvalue weighted by atomic mass is 9.71. The lowest BCUT2D eigenvalue weighted by molar-refractivity contribution is -0.121. The summed E-state index contributed by atoms with van der Waals surface area (Å²) >= 11 is 6.14. The second kappa shape index (κ2) is 34.5. The molecule has 0 spiro atoms. The minimum atomic E-state index is -4.54. The Bertz CT molecular complexity index is 2770. The average Bonchev–Trinajstić information content (AvgIpc) is 3.99. The first kappa shape index (κ1) is 67.5. The third kappa shape index (κ3) is 23.7. The lowest BCUT2D eigenvalue weighted by Crippen LogP contribution is -2.31. The van der Waals surface area contributed by atoms with E-state index < -0.39 is 7.82 Å². The molecule has 16 nitrogen and oxygen atoms in total. The number of phosphoric acid groups is 1. The molecule has 5 rings (SSSR count). The molecule has 2 heterocycles. The summed E-state index contributed by atoms with van der Waals surface area (Å²) in [5, 5.41) is 24.8. The van der Waals surface area contributed by atoms with Crippen molar-refractivity contribution in [2.45, 2.75) is 162 Å². The van der Waals surface area contributed by atoms with Crippen LogP contribution in [-0.4, -0.2) is 135 Å². The second-order valence-electron chi connectivity index (χ2n) is 22.7. The van der Waals surface area contributed by atoms with Crippen LogP contribution in [0.3, 0.4) is 0 Å². The number of benzene rings is 3. The predicted octanol–water partition coefficient (Wildman–Crippen LogP) is 12.4. The number of aromatic nitrogens is 1. The number of phenolic OH excluding ortho intramolecular Hbond substituents is 2. The van der Waals surface area contributed by atoms with Gasteiger partial charge in [0, 0.05) is 92.6 Å². The summed E-state index contributed by atoms with van der Waals surface area (Å²) in [5.41, 5.74) is 4.53. The first-order chi connectivity index (χ1) is 39.1. The van der Waals surface area contributed by atoms with E-state index in [0.29, 0.717) is 109 Å². The van der Waals surface area contributed by atoms with E-state index in [4.69, 9.17) is 20.9 Å². The molecule has 5 N–H and O–H groups in total. The summed E-state index contributed by atoms with van der Waals surface area (Å²) in [7, 11) is -0.465. The molecule has 1 aliphatic heterocycles. The molecule has 3 aromatic carbocycles. The van der Waals surface area contributed by atoms with E-state index in [9.17, 15) is 43.7 Å². The van der Waals surface area contributed by atoms with E-state index in [2.05, 4.69) is 59.3 Å². The smallest absolute Gasteiger partial charge is 0.469 e. The first-order valence-corrected chi connectivity index (χ1v) is 31.6. The van der Waals surface area contributed by atoms with Gasteiger partial charge in [-0.2, -0.15) is 0 Å². The monoisotopic (exact) mass is 1170 g/mol. The highest BCUT2D eigenvalue weighted by molar-refractivity contribution is 7.46. The van der Waals surface area contributed by atoms with Gasteiger partial charge >= 0.3 is 7.82 Å². The fourth-order valence-corrected chi connectivity index (χ4v) is 11.7. The van der Waals surface area contributed by atoms with Gasteiger partial charge in [-0.25, -0.2) is 4.57 Å². The number of halogens is 1. The predicted molar refractivity (Wildman–Crippen MR) is 327 cm³/mol. The number of carbonyl (C=O) groups excluding carboxylic acids is 4. The molecule has 82 heavy (non-hydrogen) atoms. The maximum atomic E-state index is 14.0. The molecule has 18 heteroatoms. The van der Waals surface area contributed by atoms with Crippen LogP contribution in [0.1, 0.15) is 163 Å². The minimum Gasteiger partial charge on any atom is -0.508 e. The first-order valence-electron chi connectivity index (χ1n) is 29.7. The van der Waals surface area contributed by atoms with E-state index >= 15 is 0 Å². The van der Waals surface area contributed by atoms with Gasteiger partial charge in [0.2, 0.25) is 5.91 Å². The Hall–Kier alpha value is -5.32. The van der Waals surface area contributed by atoms with Crippen molar-refractivity contribution in [2.75, 3.05) is 66.6 Å². The number of nitrogens with zero attached hydrogens (tertiary/aromatic N) is 4. The third-order valence-corrected chi connectivity index (χ3v) is 16.7. The summed E-state index contributed by atoms with van der Waals surface area (Å²) in [6.07, 6.45) is 20.7. The Morgan fingerprint density at radius 1 is 0.756 bits per heavy atom. The van der Waals surface area contributed by atoms with Crippen LogP contribution in [-0.2, 0) is 29.9 Å². The maximum Gasteiger partial charge on any atom is 0.469 e. The maximum absolute atomic E-state index is 14.0. The number of phenols is 2. The molecule has 2 unspecified atom stereocenters. The summed E-state index contributed by atoms with van der Waals surface area (Å²) in [5.74, 6) is 0.831. The third-order valence-electron chi connectivity index (χ3n) is 16.0. The highest BCUT2D eigenvalue weighted by atomic mass is 35.5. The van der Waals surface area contributed by atoms with E-state index in [0.717, 1.165) is 109 Å². The number of amides is 1. The largest absolute Gasteiger partial charge is 0.508 e. The highest BCUT2D eigenvalue weighted by Gasteiger charge is 2.29. The zero-order valence-electron chi connectivity index (χ0n) is 49.6. The van der Waals surface area contributed by atoms with Crippen molar-refractivity contribution in [1.82, 2.24) is 24.6 Å². The Kier molecular flexibility index (Phi) is 28.3. The Morgan fingerprint density at radius 2 is 1.43 bits per heavy atom. The molecule has 1 aliphatic rings. The number of ether oxygens (including phenoxy) is 1. The Labute approximate surface area is 492 Å². The van der Waals surface area contributed by atoms with Crippen LogP contribution >= 0.6 is 19.4 Å². The van der Waals surface area contributed by atoms with Gasteiger partial charge in [0.15, 0.2) is 0 Å². The van der Waals surface area contributed by atoms with Crippen molar-refractivity contribution in [2.24, 2.45) is 5.41 Å². The summed E-state index contributed by atoms with van der Waals surface area (Å²) < 4.78 is 23.4. The molecular formula is C64H93ClN5O11P. The average molecular weight is 1170 g/mol. The second-order valence-corrected chi connectivity index (χ2v) is 24.4. The van der Waals surface area contributed by atoms with Crippen LogP contribution < -0.4 is 10.1 Å². The number of Topliss-reactive ketones (excluding diaryl/α,β-unsaturated/α-hetero) is 2. The van der Waals surface area contributed by atoms with Gasteiger partial charge in [-0.1, -0.05) is 50.3 Å². The Morgan fingerprint density at radius 3 is 2.13 bits per heavy atom. The molecular weight excluding hydrogens is 1080 g/mol. The quantitative estimate of drug-likeness (QED) is 0.0207. The molecule has 4 aromatic rings. The minimum absolute atomic E-state index is 0.0421. The molecule has 0 radical (unpaired) electrons. The van der Waals surface area contributed by atoms with Gasteiger partial charge in [0.1, 0.15) is 28.8 Å². The molecule has 1 aromatic heterocycles. The van der Waals surface area contributed by atoms with Crippen molar-refractivity contribution in [3.63, 3.8) is 0 Å². The van der Waals surface area contributed by atoms with Gasteiger partial charge in [0.25, 0.3) is 5.91 Å². The standard InChI is InChI=1S/C64H93ClN5O11P/c1-7-69(47-51-29-38-68(6)49(3)43-51)37-15-22-62(75)66-34-14-13-32-64(33-17-35-67(5)36-18-40-81-82(77,78)79,30-11-8-9-19-54(71)21-16-39-80-58-42-48(2)41-57(74)44-58)31-12-10-20-55(72)45-59-50(4)70(61-28-27-56(73)46-60(59)61)63(76)52-23-25-53(65)26-24-52/h23-29,38,41-44,46,49,73-74H,7-22,30-37,39-40,45,47H2,1-6H3,(H,66,75)(H2,77,78,79). The van der Waals surface area contributed by atoms with Crippen LogP contribution in [0.2, 0.25) is 5.02 Å². The SMILES string of the molecule is CCN(CCCC(=O)NCCCCC(CCCCCC(=O)CCCOc1cc(C)cc(O)c1)(CCCCC(=O)Cc1c(C)n(C(=O)c2ccc(Cl)cc2)c2ccc(O)cc12)CCCN(C)CCCOP(=O)(O)O)CC1=CC(C)N(C)C=C1. The van der Waals surface area contributed by atoms with Crippen LogP contribution in [0, 0.1) is 19.3 Å². The molecule has 0 fully saturated rings. The number of unbranched alkanes of at least 4 members (excludes halogenated alkanes) is 4. The van der Waals surface area contributed by atoms with Crippen molar-refractivity contribution < 1.29 is 53.0 Å². The summed E-state index contributed by atoms with van der Waals surface area (Å²) in [6, 6.07) is 17.0. The van der Waals surface area contributed by atoms with Gasteiger partial charge in [0.05, 0.1) is 18.7 Å². The van der Waals surface area contributed by atoms with Crippen molar-refractivity contribution in [1.29, 1.82) is 0 Å². The van der Waals surface area contributed by atoms with E-state index in [1.807, 2.05) is 27.0 Å². The number of nitrogens with one attached hydrogen (secondary N) is 1. The number of aromatic hydroxyl groups is 2. The van der Waals surface area contributed by atoms with E-state index in [-0.39, 0.29) is 53.3 Å². The molecule has 0 bridgehead atoms. The number of ketones is 2. The van der Waals surface area contributed by atoms with E-state index in [1.165, 1.54) is 5.57 Å². The zero-order chi connectivity index (χ0) is 59.7. The number of fused-ring (bicyclic) bond motifs is 1. The van der Waals surface area contributed by atoms with Crippen LogP contribution in [0.5, 0.6) is 17.2 Å². The fraction of sp³-hybridized carbons (Fsp3) is 0.562. The molecule has 1 amide bonds. The van der Waals surface area contributed by atoms with Gasteiger partial charge in [-0.3, -0.25) is 33.2 Å². The van der Waals surface area contributed by atoms with Crippen LogP contribution in [0.15, 0.2) is 84.6 Å². The number of rotatable bonds is 40. The molecule has 452 valence electrons. The Balaban J connectivity index is 1.22. The summed E-state index contributed by atoms with van der Waals surface area (Å²) in [4.78, 5) is 79.1. The molecule has 0 saturated carbocycles. The fourth-order valence-electron chi connectivity index (χ4n) is 11.2. The number of likely N-dealkylation sites (N-methyl/N-ethyl adjacent to an activating group) is 2. The molecule has 0 saturated heterocycles. The topological polar surface area (TPSA) is 211 Å². The van der Waals surface area contributed by atoms with Gasteiger partial charge < -0.3 is 39.9 Å². The van der Waals surface area contributed by atoms with Gasteiger partial charge in [-0.05, 0) is 207 Å². The van der Waals surface area contributed by atoms with Crippen molar-refractivity contribution >= 4 is 53.7 Å². The lowest BCUT2D eigenvalue weighted by Gasteiger charge is -2.35. The van der Waals surface area contributed by atoms with Crippen LogP contribution in [0.4, 0.5) is 0 Å². The van der Waals surface area contributed by atoms with Gasteiger partial charge in [-0.15, -0.1) is 0 Å². The van der Waals surface area contributed by atoms with E-state index in [1.54, 1.807) is 59.2 Å². The number of phosphoric ester groups is 1.